The molecule has 1 aromatic rings. The highest BCUT2D eigenvalue weighted by Crippen LogP contribution is 2.24. The first-order valence-electron chi connectivity index (χ1n) is 6.13. The lowest BCUT2D eigenvalue weighted by atomic mass is 9.86. The molecule has 1 aliphatic heterocycles. The fourth-order valence-corrected chi connectivity index (χ4v) is 2.18. The van der Waals surface area contributed by atoms with Gasteiger partial charge in [-0.3, -0.25) is 9.59 Å². The molecule has 2 amide bonds. The highest BCUT2D eigenvalue weighted by Gasteiger charge is 2.44. The smallest absolute Gasteiger partial charge is 0.250 e. The maximum absolute atomic E-state index is 12.3. The van der Waals surface area contributed by atoms with Gasteiger partial charge in [0.25, 0.3) is 5.91 Å². The molecule has 1 saturated heterocycles. The van der Waals surface area contributed by atoms with Crippen molar-refractivity contribution in [1.82, 2.24) is 10.6 Å². The molecule has 1 fully saturated rings. The topological polar surface area (TPSA) is 58.2 Å². The van der Waals surface area contributed by atoms with Gasteiger partial charge in [-0.1, -0.05) is 44.2 Å². The van der Waals surface area contributed by atoms with Crippen LogP contribution >= 0.6 is 0 Å². The largest absolute Gasteiger partial charge is 0.342 e. The fraction of sp³-hybridized carbons (Fsp3) is 0.429. The molecule has 1 aromatic carbocycles. The van der Waals surface area contributed by atoms with E-state index in [2.05, 4.69) is 10.6 Å². The first-order valence-corrected chi connectivity index (χ1v) is 6.13. The van der Waals surface area contributed by atoms with Crippen LogP contribution in [0.3, 0.4) is 0 Å². The van der Waals surface area contributed by atoms with Gasteiger partial charge in [0, 0.05) is 0 Å². The van der Waals surface area contributed by atoms with Crippen LogP contribution in [0.4, 0.5) is 0 Å². The molecule has 1 heterocycles. The molecule has 0 bridgehead atoms. The Morgan fingerprint density at radius 1 is 1.17 bits per heavy atom. The lowest BCUT2D eigenvalue weighted by Gasteiger charge is -2.39. The van der Waals surface area contributed by atoms with E-state index in [0.29, 0.717) is 0 Å². The van der Waals surface area contributed by atoms with Crippen molar-refractivity contribution >= 4 is 11.8 Å². The van der Waals surface area contributed by atoms with E-state index in [1.54, 1.807) is 6.92 Å². The van der Waals surface area contributed by atoms with Crippen molar-refractivity contribution in [1.29, 1.82) is 0 Å². The normalized spacial score (nSPS) is 27.9. The Morgan fingerprint density at radius 2 is 1.78 bits per heavy atom. The third-order valence-electron chi connectivity index (χ3n) is 3.41. The number of piperazine rings is 1. The molecule has 1 aliphatic rings. The van der Waals surface area contributed by atoms with Crippen molar-refractivity contribution in [2.45, 2.75) is 32.4 Å². The number of carbonyl (C=O) groups excluding carboxylic acids is 2. The second-order valence-corrected chi connectivity index (χ2v) is 5.18. The van der Waals surface area contributed by atoms with E-state index in [0.717, 1.165) is 5.56 Å². The molecule has 0 radical (unpaired) electrons. The van der Waals surface area contributed by atoms with Crippen LogP contribution in [0.1, 0.15) is 26.3 Å². The predicted octanol–water partition coefficient (Wildman–Crippen LogP) is 1.17. The van der Waals surface area contributed by atoms with E-state index < -0.39 is 11.6 Å². The maximum atomic E-state index is 12.3. The van der Waals surface area contributed by atoms with Gasteiger partial charge in [0.2, 0.25) is 5.91 Å². The van der Waals surface area contributed by atoms with Crippen molar-refractivity contribution in [3.63, 3.8) is 0 Å². The van der Waals surface area contributed by atoms with Crippen molar-refractivity contribution in [3.05, 3.63) is 35.9 Å². The van der Waals surface area contributed by atoms with Crippen LogP contribution in [0.15, 0.2) is 30.3 Å². The second kappa shape index (κ2) is 4.44. The molecule has 4 nitrogen and oxygen atoms in total. The van der Waals surface area contributed by atoms with Crippen molar-refractivity contribution in [2.75, 3.05) is 0 Å². The van der Waals surface area contributed by atoms with Gasteiger partial charge in [-0.2, -0.15) is 0 Å². The summed E-state index contributed by atoms with van der Waals surface area (Å²) in [6.45, 7) is 5.55. The molecule has 4 heteroatoms. The van der Waals surface area contributed by atoms with Crippen LogP contribution in [-0.2, 0) is 15.1 Å². The van der Waals surface area contributed by atoms with Crippen LogP contribution in [0.5, 0.6) is 0 Å². The lowest BCUT2D eigenvalue weighted by molar-refractivity contribution is -0.142. The first kappa shape index (κ1) is 12.6. The lowest BCUT2D eigenvalue weighted by Crippen LogP contribution is -2.67. The number of hydrogen-bond donors (Lipinski definition) is 2. The minimum Gasteiger partial charge on any atom is -0.342 e. The van der Waals surface area contributed by atoms with E-state index in [1.807, 2.05) is 44.2 Å². The van der Waals surface area contributed by atoms with Crippen molar-refractivity contribution in [2.24, 2.45) is 5.92 Å². The summed E-state index contributed by atoms with van der Waals surface area (Å²) < 4.78 is 0. The Morgan fingerprint density at radius 3 is 2.33 bits per heavy atom. The number of benzene rings is 1. The standard InChI is InChI=1S/C14H18N2O2/c1-9(2)11-12(17)16-14(3,13(18)15-11)10-7-5-4-6-8-10/h4-9,11H,1-3H3,(H,15,18)(H,16,17). The van der Waals surface area contributed by atoms with Crippen LogP contribution in [0.25, 0.3) is 0 Å². The second-order valence-electron chi connectivity index (χ2n) is 5.18. The van der Waals surface area contributed by atoms with Gasteiger partial charge < -0.3 is 10.6 Å². The molecule has 0 aromatic heterocycles. The summed E-state index contributed by atoms with van der Waals surface area (Å²) in [5.74, 6) is -0.211. The van der Waals surface area contributed by atoms with E-state index in [1.165, 1.54) is 0 Å². The summed E-state index contributed by atoms with van der Waals surface area (Å²) in [4.78, 5) is 24.3. The van der Waals surface area contributed by atoms with Gasteiger partial charge in [-0.15, -0.1) is 0 Å². The van der Waals surface area contributed by atoms with E-state index >= 15 is 0 Å². The van der Waals surface area contributed by atoms with Gasteiger partial charge in [0.1, 0.15) is 11.6 Å². The first-order chi connectivity index (χ1) is 8.45. The monoisotopic (exact) mass is 246 g/mol. The van der Waals surface area contributed by atoms with Gasteiger partial charge in [-0.05, 0) is 18.4 Å². The molecule has 0 saturated carbocycles. The summed E-state index contributed by atoms with van der Waals surface area (Å²) >= 11 is 0. The van der Waals surface area contributed by atoms with Gasteiger partial charge in [-0.25, -0.2) is 0 Å². The van der Waals surface area contributed by atoms with Crippen LogP contribution < -0.4 is 10.6 Å². The number of rotatable bonds is 2. The minimum atomic E-state index is -0.982. The highest BCUT2D eigenvalue weighted by molar-refractivity contribution is 6.00. The molecule has 2 unspecified atom stereocenters. The molecule has 0 spiro atoms. The van der Waals surface area contributed by atoms with Crippen molar-refractivity contribution in [3.8, 4) is 0 Å². The molecule has 18 heavy (non-hydrogen) atoms. The molecule has 96 valence electrons. The minimum absolute atomic E-state index is 0.0780. The average molecular weight is 246 g/mol. The Kier molecular flexibility index (Phi) is 3.11. The molecule has 2 N–H and O–H groups in total. The Balaban J connectivity index is 2.32. The van der Waals surface area contributed by atoms with E-state index in [9.17, 15) is 9.59 Å². The van der Waals surface area contributed by atoms with Gasteiger partial charge in [0.15, 0.2) is 0 Å². The number of carbonyl (C=O) groups is 2. The average Bonchev–Trinajstić information content (AvgIpc) is 2.34. The molecule has 0 aliphatic carbocycles. The Labute approximate surface area is 107 Å². The summed E-state index contributed by atoms with van der Waals surface area (Å²) in [7, 11) is 0. The number of hydrogen-bond acceptors (Lipinski definition) is 2. The number of amides is 2. The summed E-state index contributed by atoms with van der Waals surface area (Å²) in [6, 6.07) is 8.83. The summed E-state index contributed by atoms with van der Waals surface area (Å²) in [5, 5.41) is 5.64. The third kappa shape index (κ3) is 1.98. The van der Waals surface area contributed by atoms with Crippen molar-refractivity contribution < 1.29 is 9.59 Å². The molecule has 2 rings (SSSR count). The van der Waals surface area contributed by atoms with Crippen LogP contribution in [-0.4, -0.2) is 17.9 Å². The Hall–Kier alpha value is -1.84. The van der Waals surface area contributed by atoms with Crippen LogP contribution in [0.2, 0.25) is 0 Å². The third-order valence-corrected chi connectivity index (χ3v) is 3.41. The fourth-order valence-electron chi connectivity index (χ4n) is 2.18. The summed E-state index contributed by atoms with van der Waals surface area (Å²) in [5.41, 5.74) is -0.193. The quantitative estimate of drug-likeness (QED) is 0.823. The van der Waals surface area contributed by atoms with Gasteiger partial charge >= 0.3 is 0 Å². The van der Waals surface area contributed by atoms with Gasteiger partial charge in [0.05, 0.1) is 0 Å². The molecule has 2 atom stereocenters. The van der Waals surface area contributed by atoms with Crippen LogP contribution in [0, 0.1) is 5.92 Å². The Bertz CT molecular complexity index is 470. The molecular formula is C14H18N2O2. The SMILES string of the molecule is CC(C)C1NC(=O)C(C)(c2ccccc2)NC1=O. The summed E-state index contributed by atoms with van der Waals surface area (Å²) in [6.07, 6.45) is 0. The zero-order chi connectivity index (χ0) is 13.3. The molecular weight excluding hydrogens is 228 g/mol. The zero-order valence-electron chi connectivity index (χ0n) is 10.9. The van der Waals surface area contributed by atoms with E-state index in [4.69, 9.17) is 0 Å². The zero-order valence-corrected chi connectivity index (χ0v) is 10.9. The maximum Gasteiger partial charge on any atom is 0.250 e. The highest BCUT2D eigenvalue weighted by atomic mass is 16.2. The predicted molar refractivity (Wildman–Crippen MR) is 68.7 cm³/mol. The number of nitrogens with one attached hydrogen (secondary N) is 2. The van der Waals surface area contributed by atoms with E-state index in [-0.39, 0.29) is 17.7 Å².